The Labute approximate surface area is 193 Å². The van der Waals surface area contributed by atoms with Crippen LogP contribution in [0.2, 0.25) is 0 Å². The highest BCUT2D eigenvalue weighted by Crippen LogP contribution is 2.25. The first-order valence-corrected chi connectivity index (χ1v) is 10.9. The zero-order valence-electron chi connectivity index (χ0n) is 18.7. The molecule has 1 saturated heterocycles. The average Bonchev–Trinajstić information content (AvgIpc) is 3.56. The van der Waals surface area contributed by atoms with E-state index in [-0.39, 0.29) is 35.8 Å². The van der Waals surface area contributed by atoms with Crippen LogP contribution in [0.4, 0.5) is 10.2 Å². The summed E-state index contributed by atoms with van der Waals surface area (Å²) in [6.45, 7) is 0.727. The highest BCUT2D eigenvalue weighted by atomic mass is 19.1. The summed E-state index contributed by atoms with van der Waals surface area (Å²) in [5.41, 5.74) is 2.56. The molecule has 174 valence electrons. The van der Waals surface area contributed by atoms with Crippen LogP contribution in [0.3, 0.4) is 0 Å². The Bertz CT molecular complexity index is 1480. The zero-order valence-corrected chi connectivity index (χ0v) is 18.7. The van der Waals surface area contributed by atoms with Crippen molar-refractivity contribution in [1.82, 2.24) is 24.2 Å². The Kier molecular flexibility index (Phi) is 5.27. The van der Waals surface area contributed by atoms with Gasteiger partial charge >= 0.3 is 5.69 Å². The molecular weight excluding hydrogens is 439 g/mol. The fourth-order valence-corrected chi connectivity index (χ4v) is 4.41. The number of benzene rings is 2. The van der Waals surface area contributed by atoms with Crippen molar-refractivity contribution in [3.05, 3.63) is 70.4 Å². The molecule has 34 heavy (non-hydrogen) atoms. The van der Waals surface area contributed by atoms with Gasteiger partial charge in [-0.05, 0) is 36.8 Å². The summed E-state index contributed by atoms with van der Waals surface area (Å²) in [5.74, 6) is -0.911. The molecule has 2 aromatic heterocycles. The van der Waals surface area contributed by atoms with Crippen molar-refractivity contribution in [2.24, 2.45) is 20.0 Å². The Morgan fingerprint density at radius 3 is 2.65 bits per heavy atom. The summed E-state index contributed by atoms with van der Waals surface area (Å²) < 4.78 is 17.0. The third kappa shape index (κ3) is 3.66. The van der Waals surface area contributed by atoms with E-state index in [9.17, 15) is 18.8 Å². The Hall–Kier alpha value is -4.21. The molecule has 0 bridgehead atoms. The number of H-pyrrole nitrogens is 1. The van der Waals surface area contributed by atoms with E-state index < -0.39 is 0 Å². The van der Waals surface area contributed by atoms with E-state index >= 15 is 0 Å². The lowest BCUT2D eigenvalue weighted by Crippen LogP contribution is -2.31. The van der Waals surface area contributed by atoms with Gasteiger partial charge in [-0.1, -0.05) is 12.1 Å². The molecule has 1 aliphatic heterocycles. The van der Waals surface area contributed by atoms with E-state index in [1.165, 1.54) is 15.2 Å². The van der Waals surface area contributed by atoms with E-state index in [0.29, 0.717) is 41.1 Å². The van der Waals surface area contributed by atoms with Crippen molar-refractivity contribution in [1.29, 1.82) is 0 Å². The van der Waals surface area contributed by atoms with Gasteiger partial charge in [0.2, 0.25) is 5.91 Å². The molecule has 10 heteroatoms. The molecule has 2 N–H and O–H groups in total. The Morgan fingerprint density at radius 1 is 1.09 bits per heavy atom. The number of hydrogen-bond acceptors (Lipinski definition) is 4. The van der Waals surface area contributed by atoms with Crippen molar-refractivity contribution in [2.45, 2.75) is 6.42 Å². The number of likely N-dealkylation sites (tertiary alicyclic amines) is 1. The monoisotopic (exact) mass is 462 g/mol. The maximum absolute atomic E-state index is 14.0. The Balaban J connectivity index is 1.26. The van der Waals surface area contributed by atoms with Gasteiger partial charge in [-0.25, -0.2) is 9.18 Å². The largest absolute Gasteiger partial charge is 0.338 e. The van der Waals surface area contributed by atoms with Crippen LogP contribution in [0.25, 0.3) is 22.3 Å². The highest BCUT2D eigenvalue weighted by Gasteiger charge is 2.32. The number of halogens is 1. The number of aromatic amines is 1. The fourth-order valence-electron chi connectivity index (χ4n) is 4.41. The number of aryl methyl sites for hydroxylation is 2. The highest BCUT2D eigenvalue weighted by molar-refractivity contribution is 5.99. The summed E-state index contributed by atoms with van der Waals surface area (Å²) in [6, 6.07) is 13.0. The molecule has 9 nitrogen and oxygen atoms in total. The lowest BCUT2D eigenvalue weighted by molar-refractivity contribution is -0.119. The van der Waals surface area contributed by atoms with Gasteiger partial charge in [0.1, 0.15) is 5.82 Å². The second-order valence-corrected chi connectivity index (χ2v) is 8.48. The normalized spacial score (nSPS) is 15.7. The van der Waals surface area contributed by atoms with E-state index in [2.05, 4.69) is 15.5 Å². The third-order valence-electron chi connectivity index (χ3n) is 6.36. The second-order valence-electron chi connectivity index (χ2n) is 8.48. The minimum atomic E-state index is -0.387. The quantitative estimate of drug-likeness (QED) is 0.486. The van der Waals surface area contributed by atoms with Crippen molar-refractivity contribution in [3.63, 3.8) is 0 Å². The molecule has 1 atom stereocenters. The van der Waals surface area contributed by atoms with E-state index in [4.69, 9.17) is 0 Å². The predicted octanol–water partition coefficient (Wildman–Crippen LogP) is 2.51. The average molecular weight is 462 g/mol. The fraction of sp³-hybridized carbons (Fsp3) is 0.250. The van der Waals surface area contributed by atoms with Gasteiger partial charge in [0.15, 0.2) is 5.82 Å². The summed E-state index contributed by atoms with van der Waals surface area (Å²) in [5, 5.41) is 9.55. The first-order valence-electron chi connectivity index (χ1n) is 10.9. The molecule has 1 aliphatic rings. The van der Waals surface area contributed by atoms with Gasteiger partial charge in [0, 0.05) is 44.4 Å². The Morgan fingerprint density at radius 2 is 1.85 bits per heavy atom. The molecule has 0 spiro atoms. The molecule has 1 fully saturated rings. The zero-order chi connectivity index (χ0) is 24.0. The number of fused-ring (bicyclic) bond motifs is 1. The molecule has 5 rings (SSSR count). The maximum atomic E-state index is 14.0. The predicted molar refractivity (Wildman–Crippen MR) is 125 cm³/mol. The SMILES string of the molecule is Cn1c(=O)n(C)c2cc(C(=O)N3CCC(C(=O)Nc4cc(-c5ccccc5F)[nH]n4)C3)ccc21. The lowest BCUT2D eigenvalue weighted by Gasteiger charge is -2.16. The number of anilines is 1. The van der Waals surface area contributed by atoms with E-state index in [1.807, 2.05) is 0 Å². The number of nitrogens with one attached hydrogen (secondary N) is 2. The van der Waals surface area contributed by atoms with Crippen molar-refractivity contribution in [2.75, 3.05) is 18.4 Å². The number of imidazole rings is 1. The van der Waals surface area contributed by atoms with E-state index in [0.717, 1.165) is 5.52 Å². The van der Waals surface area contributed by atoms with Crippen LogP contribution < -0.4 is 11.0 Å². The van der Waals surface area contributed by atoms with Gasteiger partial charge in [-0.2, -0.15) is 5.10 Å². The minimum absolute atomic E-state index is 0.158. The van der Waals surface area contributed by atoms with Crippen LogP contribution in [0.5, 0.6) is 0 Å². The third-order valence-corrected chi connectivity index (χ3v) is 6.36. The summed E-state index contributed by atoms with van der Waals surface area (Å²) in [6.07, 6.45) is 0.522. The van der Waals surface area contributed by atoms with Gasteiger partial charge < -0.3 is 10.2 Å². The standard InChI is InChI=1S/C24H23FN6O3/c1-29-19-8-7-14(11-20(19)30(2)24(29)34)23(33)31-10-9-15(13-31)22(32)26-21-12-18(27-28-21)16-5-3-4-6-17(16)25/h3-8,11-12,15H,9-10,13H2,1-2H3,(H2,26,27,28,32). The summed E-state index contributed by atoms with van der Waals surface area (Å²) >= 11 is 0. The van der Waals surface area contributed by atoms with Crippen molar-refractivity contribution < 1.29 is 14.0 Å². The molecule has 2 amide bonds. The van der Waals surface area contributed by atoms with Gasteiger partial charge in [0.05, 0.1) is 22.6 Å². The molecular formula is C24H23FN6O3. The molecule has 2 aromatic carbocycles. The van der Waals surface area contributed by atoms with Crippen LogP contribution in [0.1, 0.15) is 16.8 Å². The number of aromatic nitrogens is 4. The van der Waals surface area contributed by atoms with Crippen LogP contribution >= 0.6 is 0 Å². The first-order chi connectivity index (χ1) is 16.3. The van der Waals surface area contributed by atoms with Gasteiger partial charge in [0.25, 0.3) is 5.91 Å². The van der Waals surface area contributed by atoms with Crippen LogP contribution in [0, 0.1) is 11.7 Å². The number of rotatable bonds is 4. The molecule has 4 aromatic rings. The smallest absolute Gasteiger partial charge is 0.328 e. The maximum Gasteiger partial charge on any atom is 0.328 e. The van der Waals surface area contributed by atoms with Crippen LogP contribution in [-0.4, -0.2) is 49.1 Å². The van der Waals surface area contributed by atoms with Crippen LogP contribution in [0.15, 0.2) is 53.3 Å². The number of nitrogens with zero attached hydrogens (tertiary/aromatic N) is 4. The van der Waals surface area contributed by atoms with Crippen LogP contribution in [-0.2, 0) is 18.9 Å². The lowest BCUT2D eigenvalue weighted by atomic mass is 10.1. The molecule has 0 radical (unpaired) electrons. The van der Waals surface area contributed by atoms with E-state index in [1.54, 1.807) is 61.5 Å². The number of hydrogen-bond donors (Lipinski definition) is 2. The van der Waals surface area contributed by atoms with Crippen molar-refractivity contribution in [3.8, 4) is 11.3 Å². The first kappa shape index (κ1) is 21.6. The summed E-state index contributed by atoms with van der Waals surface area (Å²) in [4.78, 5) is 39.6. The number of carbonyl (C=O) groups excluding carboxylic acids is 2. The molecule has 0 aliphatic carbocycles. The number of carbonyl (C=O) groups is 2. The van der Waals surface area contributed by atoms with Gasteiger partial charge in [-0.15, -0.1) is 0 Å². The molecule has 0 saturated carbocycles. The summed E-state index contributed by atoms with van der Waals surface area (Å²) in [7, 11) is 3.36. The number of amides is 2. The topological polar surface area (TPSA) is 105 Å². The minimum Gasteiger partial charge on any atom is -0.338 e. The van der Waals surface area contributed by atoms with Gasteiger partial charge in [-0.3, -0.25) is 23.8 Å². The molecule has 3 heterocycles. The second kappa shape index (κ2) is 8.29. The van der Waals surface area contributed by atoms with Crippen molar-refractivity contribution >= 4 is 28.7 Å². The molecule has 1 unspecified atom stereocenters.